The Kier molecular flexibility index (Phi) is 21.7. The smallest absolute Gasteiger partial charge is 0.394 e. The number of hydrogen-bond donors (Lipinski definition) is 7. The molecule has 0 amide bonds. The van der Waals surface area contributed by atoms with Gasteiger partial charge >= 0.3 is 6.18 Å². The molecular formula is C43H78F3NO9. The summed E-state index contributed by atoms with van der Waals surface area (Å²) in [6.45, 7) is 0.924. The van der Waals surface area contributed by atoms with Crippen molar-refractivity contribution in [3.63, 3.8) is 0 Å². The van der Waals surface area contributed by atoms with Crippen LogP contribution in [0.25, 0.3) is 0 Å². The van der Waals surface area contributed by atoms with Gasteiger partial charge in [0.1, 0.15) is 30.5 Å². The van der Waals surface area contributed by atoms with Gasteiger partial charge in [0.15, 0.2) is 6.29 Å². The van der Waals surface area contributed by atoms with Gasteiger partial charge in [-0.2, -0.15) is 13.2 Å². The van der Waals surface area contributed by atoms with Gasteiger partial charge in [0, 0.05) is 0 Å². The minimum absolute atomic E-state index is 0.199. The molecule has 4 fully saturated rings. The zero-order chi connectivity index (χ0) is 40.5. The first kappa shape index (κ1) is 48.1. The fourth-order valence-electron chi connectivity index (χ4n) is 9.76. The molecule has 0 aromatic heterocycles. The summed E-state index contributed by atoms with van der Waals surface area (Å²) < 4.78 is 59.9. The van der Waals surface area contributed by atoms with Gasteiger partial charge in [-0.15, -0.1) is 0 Å². The molecular weight excluding hydrogens is 731 g/mol. The first-order valence-corrected chi connectivity index (χ1v) is 22.7. The molecule has 5 unspecified atom stereocenters. The highest BCUT2D eigenvalue weighted by molar-refractivity contribution is 5.10. The molecule has 2 bridgehead atoms. The van der Waals surface area contributed by atoms with Crippen molar-refractivity contribution in [3.05, 3.63) is 0 Å². The highest BCUT2D eigenvalue weighted by Crippen LogP contribution is 2.59. The van der Waals surface area contributed by atoms with Crippen LogP contribution in [0, 0.1) is 17.8 Å². The lowest BCUT2D eigenvalue weighted by Crippen LogP contribution is -2.61. The summed E-state index contributed by atoms with van der Waals surface area (Å²) in [4.78, 5) is 0. The summed E-state index contributed by atoms with van der Waals surface area (Å²) in [6, 6.07) is -3.36. The summed E-state index contributed by atoms with van der Waals surface area (Å²) in [5.74, 6) is 2.44. The van der Waals surface area contributed by atoms with Gasteiger partial charge in [-0.25, -0.2) is 0 Å². The Morgan fingerprint density at radius 2 is 1.23 bits per heavy atom. The van der Waals surface area contributed by atoms with E-state index >= 15 is 0 Å². The van der Waals surface area contributed by atoms with Crippen molar-refractivity contribution in [2.24, 2.45) is 17.8 Å². The topological polar surface area (TPSA) is 164 Å². The molecule has 0 aromatic rings. The SMILES string of the molecule is CCCCCCCCCCCCCC[C@@H](O)[C@@H](O)[C@H](COC1OC(CO)C(O)C(O)C1O)N[C@@H](CCCCCCCCCC[C@H]1C[C@@H]2C[C@H]1[C@H]1O[C@@H]21)C(F)(F)F. The Morgan fingerprint density at radius 1 is 0.679 bits per heavy atom. The molecule has 0 aromatic carbocycles. The zero-order valence-corrected chi connectivity index (χ0v) is 34.2. The van der Waals surface area contributed by atoms with Gasteiger partial charge in [-0.1, -0.05) is 142 Å². The molecule has 2 saturated carbocycles. The second-order valence-corrected chi connectivity index (χ2v) is 17.8. The molecule has 4 rings (SSSR count). The molecule has 7 N–H and O–H groups in total. The van der Waals surface area contributed by atoms with Gasteiger partial charge in [0.25, 0.3) is 0 Å². The number of unbranched alkanes of at least 4 members (excludes halogenated alkanes) is 18. The van der Waals surface area contributed by atoms with Crippen molar-refractivity contribution >= 4 is 0 Å². The van der Waals surface area contributed by atoms with Gasteiger partial charge < -0.3 is 44.8 Å². The van der Waals surface area contributed by atoms with Crippen molar-refractivity contribution in [2.45, 2.75) is 241 Å². The van der Waals surface area contributed by atoms with Crippen molar-refractivity contribution in [3.8, 4) is 0 Å². The predicted molar refractivity (Wildman–Crippen MR) is 209 cm³/mol. The highest BCUT2D eigenvalue weighted by Gasteiger charge is 2.62. The highest BCUT2D eigenvalue weighted by atomic mass is 19.4. The number of fused-ring (bicyclic) bond motifs is 5. The maximum absolute atomic E-state index is 14.4. The maximum atomic E-state index is 14.4. The molecule has 2 aliphatic carbocycles. The molecule has 2 aliphatic heterocycles. The Labute approximate surface area is 334 Å². The lowest BCUT2D eigenvalue weighted by molar-refractivity contribution is -0.303. The number of epoxide rings is 1. The minimum Gasteiger partial charge on any atom is -0.394 e. The largest absolute Gasteiger partial charge is 0.403 e. The number of alkyl halides is 3. The molecule has 13 heteroatoms. The van der Waals surface area contributed by atoms with Crippen LogP contribution in [-0.2, 0) is 14.2 Å². The first-order chi connectivity index (χ1) is 27.0. The molecule has 4 aliphatic rings. The average molecular weight is 810 g/mol. The monoisotopic (exact) mass is 810 g/mol. The van der Waals surface area contributed by atoms with Gasteiger partial charge in [-0.3, -0.25) is 5.32 Å². The standard InChI is InChI=1S/C43H78F3NO9/c1-2-3-4-5-6-7-8-9-10-14-17-20-23-33(49)36(50)32(28-54-42-39(53)38(52)37(51)34(27-48)55-42)47-35(43(44,45)46)24-21-18-15-12-11-13-16-19-22-29-25-30-26-31(29)41-40(30)56-41/h29-42,47-53H,2-28H2,1H3/t29-,30+,31+,32-,33+,34?,35-,36-,37?,38?,39?,40-,41+,42?/m0/s1. The fraction of sp³-hybridized carbons (Fsp3) is 1.00. The number of nitrogens with one attached hydrogen (secondary N) is 1. The van der Waals surface area contributed by atoms with Gasteiger partial charge in [0.05, 0.1) is 43.7 Å². The molecule has 2 saturated heterocycles. The van der Waals surface area contributed by atoms with E-state index in [0.29, 0.717) is 31.5 Å². The van der Waals surface area contributed by atoms with Crippen molar-refractivity contribution < 1.29 is 58.0 Å². The van der Waals surface area contributed by atoms with Crippen LogP contribution in [0.3, 0.4) is 0 Å². The molecule has 330 valence electrons. The summed E-state index contributed by atoms with van der Waals surface area (Å²) in [6.07, 6.45) is 10.6. The van der Waals surface area contributed by atoms with E-state index in [2.05, 4.69) is 12.2 Å². The van der Waals surface area contributed by atoms with Crippen LogP contribution in [0.5, 0.6) is 0 Å². The van der Waals surface area contributed by atoms with Crippen LogP contribution in [0.4, 0.5) is 13.2 Å². The molecule has 0 spiro atoms. The van der Waals surface area contributed by atoms with E-state index in [1.807, 2.05) is 0 Å². The maximum Gasteiger partial charge on any atom is 0.403 e. The second kappa shape index (κ2) is 25.2. The number of hydrogen-bond acceptors (Lipinski definition) is 10. The normalized spacial score (nSPS) is 32.0. The second-order valence-electron chi connectivity index (χ2n) is 17.8. The van der Waals surface area contributed by atoms with Crippen LogP contribution in [0.1, 0.15) is 167 Å². The molecule has 0 radical (unpaired) electrons. The molecule has 10 nitrogen and oxygen atoms in total. The van der Waals surface area contributed by atoms with Crippen LogP contribution in [0.2, 0.25) is 0 Å². The zero-order valence-electron chi connectivity index (χ0n) is 34.2. The van der Waals surface area contributed by atoms with E-state index in [0.717, 1.165) is 69.1 Å². The third-order valence-corrected chi connectivity index (χ3v) is 13.3. The lowest BCUT2D eigenvalue weighted by Gasteiger charge is -2.40. The van der Waals surface area contributed by atoms with Crippen LogP contribution >= 0.6 is 0 Å². The Balaban J connectivity index is 1.17. The summed E-state index contributed by atoms with van der Waals surface area (Å²) in [5, 5.41) is 64.9. The number of aliphatic hydroxyl groups is 6. The van der Waals surface area contributed by atoms with E-state index in [4.69, 9.17) is 14.2 Å². The van der Waals surface area contributed by atoms with Gasteiger partial charge in [0.2, 0.25) is 0 Å². The first-order valence-electron chi connectivity index (χ1n) is 22.7. The third-order valence-electron chi connectivity index (χ3n) is 13.3. The number of halogens is 3. The molecule has 56 heavy (non-hydrogen) atoms. The Bertz CT molecular complexity index is 1040. The van der Waals surface area contributed by atoms with Crippen LogP contribution in [-0.4, -0.2) is 117 Å². The fourth-order valence-corrected chi connectivity index (χ4v) is 9.76. The molecule has 2 heterocycles. The van der Waals surface area contributed by atoms with Crippen LogP contribution < -0.4 is 5.32 Å². The quantitative estimate of drug-likeness (QED) is 0.0283. The number of ether oxygens (including phenoxy) is 3. The number of aliphatic hydroxyl groups excluding tert-OH is 6. The minimum atomic E-state index is -4.63. The summed E-state index contributed by atoms with van der Waals surface area (Å²) in [7, 11) is 0. The van der Waals surface area contributed by atoms with E-state index in [-0.39, 0.29) is 12.8 Å². The van der Waals surface area contributed by atoms with Crippen molar-refractivity contribution in [2.75, 3.05) is 13.2 Å². The molecule has 14 atom stereocenters. The van der Waals surface area contributed by atoms with Crippen molar-refractivity contribution in [1.82, 2.24) is 5.32 Å². The predicted octanol–water partition coefficient (Wildman–Crippen LogP) is 6.83. The summed E-state index contributed by atoms with van der Waals surface area (Å²) >= 11 is 0. The Morgan fingerprint density at radius 3 is 1.77 bits per heavy atom. The summed E-state index contributed by atoms with van der Waals surface area (Å²) in [5.41, 5.74) is 0. The van der Waals surface area contributed by atoms with E-state index in [9.17, 15) is 43.8 Å². The van der Waals surface area contributed by atoms with E-state index in [1.54, 1.807) is 0 Å². The Hall–Kier alpha value is -0.610. The third kappa shape index (κ3) is 15.4. The van der Waals surface area contributed by atoms with Gasteiger partial charge in [-0.05, 0) is 43.4 Å². The van der Waals surface area contributed by atoms with Crippen LogP contribution in [0.15, 0.2) is 0 Å². The lowest BCUT2D eigenvalue weighted by atomic mass is 9.85. The average Bonchev–Trinajstić information content (AvgIpc) is 3.78. The van der Waals surface area contributed by atoms with Crippen molar-refractivity contribution in [1.29, 1.82) is 0 Å². The van der Waals surface area contributed by atoms with E-state index < -0.39 is 74.4 Å². The number of rotatable bonds is 32. The van der Waals surface area contributed by atoms with E-state index in [1.165, 1.54) is 77.0 Å².